The van der Waals surface area contributed by atoms with Gasteiger partial charge in [0, 0.05) is 32.7 Å². The molecule has 168 valence electrons. The smallest absolute Gasteiger partial charge is 0.422 e. The maximum Gasteiger partial charge on any atom is 0.422 e. The average Bonchev–Trinajstić information content (AvgIpc) is 2.77. The second-order valence-corrected chi connectivity index (χ2v) is 7.71. The van der Waals surface area contributed by atoms with E-state index in [1.165, 1.54) is 17.7 Å². The van der Waals surface area contributed by atoms with Gasteiger partial charge in [-0.2, -0.15) is 13.2 Å². The Hall–Kier alpha value is -2.74. The number of carbonyl (C=O) groups excluding carboxylic acids is 1. The maximum atomic E-state index is 12.6. The molecule has 31 heavy (non-hydrogen) atoms. The third-order valence-corrected chi connectivity index (χ3v) is 5.34. The Morgan fingerprint density at radius 2 is 1.68 bits per heavy atom. The number of hydrogen-bond donors (Lipinski definition) is 1. The SMILES string of the molecule is CC(NC(=O)N1CCN(CCc2ccccc2)CC1)c1ccc(OCC(F)(F)F)cc1. The van der Waals surface area contributed by atoms with Crippen LogP contribution in [0.15, 0.2) is 54.6 Å². The van der Waals surface area contributed by atoms with Crippen molar-refractivity contribution in [1.82, 2.24) is 15.1 Å². The molecule has 2 aromatic rings. The summed E-state index contributed by atoms with van der Waals surface area (Å²) in [4.78, 5) is 16.8. The quantitative estimate of drug-likeness (QED) is 0.707. The van der Waals surface area contributed by atoms with Gasteiger partial charge in [-0.05, 0) is 36.6 Å². The van der Waals surface area contributed by atoms with Crippen LogP contribution in [0, 0.1) is 0 Å². The first kappa shape index (κ1) is 22.9. The van der Waals surface area contributed by atoms with Crippen molar-refractivity contribution in [3.05, 3.63) is 65.7 Å². The number of hydrogen-bond acceptors (Lipinski definition) is 3. The molecule has 2 aromatic carbocycles. The Kier molecular flexibility index (Phi) is 7.79. The van der Waals surface area contributed by atoms with Gasteiger partial charge in [0.2, 0.25) is 0 Å². The van der Waals surface area contributed by atoms with Gasteiger partial charge in [-0.25, -0.2) is 4.79 Å². The van der Waals surface area contributed by atoms with E-state index >= 15 is 0 Å². The van der Waals surface area contributed by atoms with E-state index in [-0.39, 0.29) is 17.8 Å². The van der Waals surface area contributed by atoms with Gasteiger partial charge in [0.15, 0.2) is 6.61 Å². The molecule has 0 bridgehead atoms. The molecule has 1 unspecified atom stereocenters. The van der Waals surface area contributed by atoms with Gasteiger partial charge in [0.05, 0.1) is 6.04 Å². The minimum atomic E-state index is -4.37. The van der Waals surface area contributed by atoms with Crippen molar-refractivity contribution in [2.24, 2.45) is 0 Å². The molecule has 3 rings (SSSR count). The number of ether oxygens (including phenoxy) is 1. The summed E-state index contributed by atoms with van der Waals surface area (Å²) in [5, 5.41) is 2.96. The molecule has 5 nitrogen and oxygen atoms in total. The van der Waals surface area contributed by atoms with Crippen molar-refractivity contribution in [2.75, 3.05) is 39.3 Å². The zero-order valence-corrected chi connectivity index (χ0v) is 17.6. The molecule has 1 fully saturated rings. The molecule has 0 spiro atoms. The van der Waals surface area contributed by atoms with Crippen molar-refractivity contribution in [3.8, 4) is 5.75 Å². The fraction of sp³-hybridized carbons (Fsp3) is 0.435. The number of halogens is 3. The number of nitrogens with one attached hydrogen (secondary N) is 1. The molecular weight excluding hydrogens is 407 g/mol. The number of piperazine rings is 1. The molecule has 1 saturated heterocycles. The van der Waals surface area contributed by atoms with Gasteiger partial charge in [-0.3, -0.25) is 4.90 Å². The normalized spacial score (nSPS) is 16.1. The molecule has 1 aliphatic heterocycles. The average molecular weight is 435 g/mol. The summed E-state index contributed by atoms with van der Waals surface area (Å²) >= 11 is 0. The molecule has 1 aliphatic rings. The van der Waals surface area contributed by atoms with Crippen LogP contribution in [0.25, 0.3) is 0 Å². The Labute approximate surface area is 180 Å². The topological polar surface area (TPSA) is 44.8 Å². The van der Waals surface area contributed by atoms with Gasteiger partial charge in [0.1, 0.15) is 5.75 Å². The van der Waals surface area contributed by atoms with Crippen LogP contribution in [-0.2, 0) is 6.42 Å². The zero-order valence-electron chi connectivity index (χ0n) is 17.6. The second-order valence-electron chi connectivity index (χ2n) is 7.71. The van der Waals surface area contributed by atoms with Gasteiger partial charge in [-0.15, -0.1) is 0 Å². The van der Waals surface area contributed by atoms with Gasteiger partial charge in [-0.1, -0.05) is 42.5 Å². The highest BCUT2D eigenvalue weighted by atomic mass is 19.4. The number of nitrogens with zero attached hydrogens (tertiary/aromatic N) is 2. The first-order valence-electron chi connectivity index (χ1n) is 10.4. The summed E-state index contributed by atoms with van der Waals surface area (Å²) in [6.45, 7) is 4.49. The van der Waals surface area contributed by atoms with E-state index in [0.29, 0.717) is 13.1 Å². The molecule has 1 N–H and O–H groups in total. The van der Waals surface area contributed by atoms with Crippen molar-refractivity contribution in [1.29, 1.82) is 0 Å². The van der Waals surface area contributed by atoms with E-state index in [1.807, 2.05) is 25.1 Å². The van der Waals surface area contributed by atoms with Crippen molar-refractivity contribution >= 4 is 6.03 Å². The van der Waals surface area contributed by atoms with E-state index < -0.39 is 12.8 Å². The van der Waals surface area contributed by atoms with Gasteiger partial charge >= 0.3 is 12.2 Å². The highest BCUT2D eigenvalue weighted by molar-refractivity contribution is 5.74. The number of amides is 2. The van der Waals surface area contributed by atoms with Crippen LogP contribution in [0.1, 0.15) is 24.1 Å². The lowest BCUT2D eigenvalue weighted by atomic mass is 10.1. The summed E-state index contributed by atoms with van der Waals surface area (Å²) in [6, 6.07) is 16.2. The zero-order chi connectivity index (χ0) is 22.3. The first-order valence-corrected chi connectivity index (χ1v) is 10.4. The van der Waals surface area contributed by atoms with Crippen LogP contribution in [0.3, 0.4) is 0 Å². The van der Waals surface area contributed by atoms with Crippen LogP contribution >= 0.6 is 0 Å². The Morgan fingerprint density at radius 1 is 1.03 bits per heavy atom. The van der Waals surface area contributed by atoms with Crippen LogP contribution in [0.4, 0.5) is 18.0 Å². The second kappa shape index (κ2) is 10.5. The molecule has 0 aliphatic carbocycles. The summed E-state index contributed by atoms with van der Waals surface area (Å²) in [5.74, 6) is 0.145. The van der Waals surface area contributed by atoms with Gasteiger partial charge in [0.25, 0.3) is 0 Å². The Balaban J connectivity index is 1.41. The number of urea groups is 1. The fourth-order valence-corrected chi connectivity index (χ4v) is 3.48. The van der Waals surface area contributed by atoms with Crippen molar-refractivity contribution < 1.29 is 22.7 Å². The van der Waals surface area contributed by atoms with E-state index in [4.69, 9.17) is 4.74 Å². The van der Waals surface area contributed by atoms with Crippen LogP contribution in [0.2, 0.25) is 0 Å². The molecule has 8 heteroatoms. The molecule has 1 atom stereocenters. The van der Waals surface area contributed by atoms with Crippen molar-refractivity contribution in [3.63, 3.8) is 0 Å². The number of alkyl halides is 3. The fourth-order valence-electron chi connectivity index (χ4n) is 3.48. The monoisotopic (exact) mass is 435 g/mol. The number of carbonyl (C=O) groups is 1. The lowest BCUT2D eigenvalue weighted by molar-refractivity contribution is -0.153. The summed E-state index contributed by atoms with van der Waals surface area (Å²) < 4.78 is 41.4. The predicted octanol–water partition coefficient (Wildman–Crippen LogP) is 4.26. The molecule has 0 saturated carbocycles. The highest BCUT2D eigenvalue weighted by Gasteiger charge is 2.28. The molecule has 0 radical (unpaired) electrons. The minimum absolute atomic E-state index is 0.132. The van der Waals surface area contributed by atoms with Crippen LogP contribution in [-0.4, -0.2) is 61.3 Å². The third kappa shape index (κ3) is 7.47. The Morgan fingerprint density at radius 3 is 2.29 bits per heavy atom. The Bertz CT molecular complexity index is 820. The summed E-state index contributed by atoms with van der Waals surface area (Å²) in [6.07, 6.45) is -3.38. The van der Waals surface area contributed by atoms with E-state index in [9.17, 15) is 18.0 Å². The predicted molar refractivity (Wildman–Crippen MR) is 113 cm³/mol. The molecule has 1 heterocycles. The third-order valence-electron chi connectivity index (χ3n) is 5.34. The summed E-state index contributed by atoms with van der Waals surface area (Å²) in [7, 11) is 0. The molecule has 0 aromatic heterocycles. The lowest BCUT2D eigenvalue weighted by Crippen LogP contribution is -2.52. The van der Waals surface area contributed by atoms with Crippen LogP contribution < -0.4 is 10.1 Å². The maximum absolute atomic E-state index is 12.6. The van der Waals surface area contributed by atoms with E-state index in [0.717, 1.165) is 31.6 Å². The lowest BCUT2D eigenvalue weighted by Gasteiger charge is -2.35. The largest absolute Gasteiger partial charge is 0.484 e. The van der Waals surface area contributed by atoms with Crippen LogP contribution in [0.5, 0.6) is 5.75 Å². The first-order chi connectivity index (χ1) is 14.8. The number of rotatable bonds is 7. The summed E-state index contributed by atoms with van der Waals surface area (Å²) in [5.41, 5.74) is 2.11. The molecule has 2 amide bonds. The number of benzene rings is 2. The molecular formula is C23H28F3N3O2. The van der Waals surface area contributed by atoms with Gasteiger partial charge < -0.3 is 15.0 Å². The highest BCUT2D eigenvalue weighted by Crippen LogP contribution is 2.21. The minimum Gasteiger partial charge on any atom is -0.484 e. The van der Waals surface area contributed by atoms with Crippen molar-refractivity contribution in [2.45, 2.75) is 25.6 Å². The van der Waals surface area contributed by atoms with E-state index in [1.54, 1.807) is 17.0 Å². The van der Waals surface area contributed by atoms with E-state index in [2.05, 4.69) is 22.3 Å². The standard InChI is InChI=1S/C23H28F3N3O2/c1-18(20-7-9-21(10-8-20)31-17-23(24,25)26)27-22(30)29-15-13-28(14-16-29)12-11-19-5-3-2-4-6-19/h2-10,18H,11-17H2,1H3,(H,27,30).